The minimum Gasteiger partial charge on any atom is -0.494 e. The zero-order chi connectivity index (χ0) is 14.1. The van der Waals surface area contributed by atoms with E-state index in [9.17, 15) is 0 Å². The number of aryl methyl sites for hydroxylation is 1. The molecule has 0 amide bonds. The third kappa shape index (κ3) is 2.37. The molecule has 4 heteroatoms. The van der Waals surface area contributed by atoms with E-state index in [0.29, 0.717) is 6.61 Å². The fourth-order valence-corrected chi connectivity index (χ4v) is 3.40. The second-order valence-corrected chi connectivity index (χ2v) is 5.95. The average molecular weight is 335 g/mol. The summed E-state index contributed by atoms with van der Waals surface area (Å²) < 4.78 is 8.96. The maximum Gasteiger partial charge on any atom is 0.141 e. The van der Waals surface area contributed by atoms with Crippen LogP contribution in [0.5, 0.6) is 5.75 Å². The molecule has 0 aliphatic carbocycles. The Hall–Kier alpha value is -1.29. The van der Waals surface area contributed by atoms with Crippen LogP contribution < -0.4 is 4.74 Å². The van der Waals surface area contributed by atoms with E-state index < -0.39 is 0 Å². The maximum absolute atomic E-state index is 5.61. The number of benzene rings is 1. The van der Waals surface area contributed by atoms with Gasteiger partial charge < -0.3 is 9.30 Å². The highest BCUT2D eigenvalue weighted by Crippen LogP contribution is 2.32. The van der Waals surface area contributed by atoms with E-state index in [-0.39, 0.29) is 0 Å². The van der Waals surface area contributed by atoms with Crippen molar-refractivity contribution in [1.82, 2.24) is 9.55 Å². The minimum atomic E-state index is 0.699. The number of rotatable bonds is 3. The predicted octanol–water partition coefficient (Wildman–Crippen LogP) is 4.36. The summed E-state index contributed by atoms with van der Waals surface area (Å²) in [6, 6.07) is 6.32. The summed E-state index contributed by atoms with van der Waals surface area (Å²) in [4.78, 5) is 4.72. The van der Waals surface area contributed by atoms with Crippen molar-refractivity contribution < 1.29 is 4.74 Å². The van der Waals surface area contributed by atoms with E-state index in [1.807, 2.05) is 13.0 Å². The van der Waals surface area contributed by atoms with E-state index in [2.05, 4.69) is 39.6 Å². The Bertz CT molecular complexity index is 634. The molecule has 1 aliphatic rings. The van der Waals surface area contributed by atoms with Crippen molar-refractivity contribution in [2.75, 3.05) is 6.61 Å². The first-order valence-corrected chi connectivity index (χ1v) is 7.98. The zero-order valence-electron chi connectivity index (χ0n) is 11.9. The summed E-state index contributed by atoms with van der Waals surface area (Å²) >= 11 is 3.60. The summed E-state index contributed by atoms with van der Waals surface area (Å²) in [5.74, 6) is 2.03. The Balaban J connectivity index is 2.03. The molecule has 0 unspecified atom stereocenters. The van der Waals surface area contributed by atoms with Crippen molar-refractivity contribution in [2.45, 2.75) is 39.7 Å². The first-order valence-electron chi connectivity index (χ1n) is 7.19. The van der Waals surface area contributed by atoms with Gasteiger partial charge in [0, 0.05) is 12.1 Å². The van der Waals surface area contributed by atoms with E-state index in [0.717, 1.165) is 34.7 Å². The first kappa shape index (κ1) is 13.7. The normalized spacial score (nSPS) is 14.2. The molecule has 0 bridgehead atoms. The summed E-state index contributed by atoms with van der Waals surface area (Å²) in [5.41, 5.74) is 3.66. The van der Waals surface area contributed by atoms with Gasteiger partial charge in [-0.1, -0.05) is 0 Å². The van der Waals surface area contributed by atoms with E-state index in [4.69, 9.17) is 9.72 Å². The number of hydrogen-bond donors (Lipinski definition) is 0. The largest absolute Gasteiger partial charge is 0.494 e. The molecule has 3 nitrogen and oxygen atoms in total. The third-order valence-electron chi connectivity index (χ3n) is 3.80. The van der Waals surface area contributed by atoms with Gasteiger partial charge in [-0.3, -0.25) is 0 Å². The molecule has 0 atom stereocenters. The molecule has 1 aromatic carbocycles. The van der Waals surface area contributed by atoms with Gasteiger partial charge in [0.15, 0.2) is 0 Å². The Morgan fingerprint density at radius 3 is 2.95 bits per heavy atom. The molecule has 0 N–H and O–H groups in total. The third-order valence-corrected chi connectivity index (χ3v) is 4.44. The molecule has 20 heavy (non-hydrogen) atoms. The fourth-order valence-electron chi connectivity index (χ4n) is 2.82. The molecule has 0 saturated carbocycles. The molecule has 0 radical (unpaired) electrons. The summed E-state index contributed by atoms with van der Waals surface area (Å²) in [6.07, 6.45) is 3.61. The van der Waals surface area contributed by atoms with Gasteiger partial charge in [0.1, 0.15) is 16.2 Å². The summed E-state index contributed by atoms with van der Waals surface area (Å²) in [6.45, 7) is 5.86. The van der Waals surface area contributed by atoms with Crippen LogP contribution in [-0.2, 0) is 13.0 Å². The van der Waals surface area contributed by atoms with Gasteiger partial charge >= 0.3 is 0 Å². The highest BCUT2D eigenvalue weighted by Gasteiger charge is 2.19. The predicted molar refractivity (Wildman–Crippen MR) is 84.2 cm³/mol. The molecular formula is C16H19BrN2O. The molecule has 3 rings (SSSR count). The zero-order valence-corrected chi connectivity index (χ0v) is 13.5. The van der Waals surface area contributed by atoms with E-state index in [1.54, 1.807) is 0 Å². The average Bonchev–Trinajstić information content (AvgIpc) is 2.79. The number of aromatic nitrogens is 2. The number of ether oxygens (including phenoxy) is 1. The fraction of sp³-hybridized carbons (Fsp3) is 0.438. The monoisotopic (exact) mass is 334 g/mol. The summed E-state index contributed by atoms with van der Waals surface area (Å²) in [5, 5.41) is 0. The molecule has 106 valence electrons. The van der Waals surface area contributed by atoms with Crippen LogP contribution in [0.4, 0.5) is 0 Å². The van der Waals surface area contributed by atoms with Crippen LogP contribution in [0.3, 0.4) is 0 Å². The second kappa shape index (κ2) is 5.60. The van der Waals surface area contributed by atoms with Crippen LogP contribution in [0.1, 0.15) is 31.0 Å². The number of nitrogens with zero attached hydrogens (tertiary/aromatic N) is 2. The number of imidazole rings is 1. The molecule has 1 aromatic heterocycles. The molecule has 0 spiro atoms. The van der Waals surface area contributed by atoms with Crippen LogP contribution in [0, 0.1) is 6.92 Å². The molecule has 0 saturated heterocycles. The second-order valence-electron chi connectivity index (χ2n) is 5.19. The van der Waals surface area contributed by atoms with Crippen LogP contribution in [-0.4, -0.2) is 16.2 Å². The van der Waals surface area contributed by atoms with Crippen LogP contribution in [0.25, 0.3) is 11.4 Å². The van der Waals surface area contributed by atoms with Gasteiger partial charge in [-0.25, -0.2) is 4.98 Å². The Morgan fingerprint density at radius 1 is 1.35 bits per heavy atom. The lowest BCUT2D eigenvalue weighted by atomic mass is 10.1. The first-order chi connectivity index (χ1) is 9.70. The Morgan fingerprint density at radius 2 is 2.20 bits per heavy atom. The summed E-state index contributed by atoms with van der Waals surface area (Å²) in [7, 11) is 0. The van der Waals surface area contributed by atoms with Gasteiger partial charge in [-0.15, -0.1) is 0 Å². The van der Waals surface area contributed by atoms with Gasteiger partial charge in [0.25, 0.3) is 0 Å². The van der Waals surface area contributed by atoms with Crippen molar-refractivity contribution in [1.29, 1.82) is 0 Å². The number of hydrogen-bond acceptors (Lipinski definition) is 2. The van der Waals surface area contributed by atoms with Crippen LogP contribution >= 0.6 is 15.9 Å². The van der Waals surface area contributed by atoms with E-state index >= 15 is 0 Å². The number of halogens is 1. The molecule has 2 heterocycles. The highest BCUT2D eigenvalue weighted by atomic mass is 79.9. The van der Waals surface area contributed by atoms with Crippen molar-refractivity contribution in [2.24, 2.45) is 0 Å². The minimum absolute atomic E-state index is 0.699. The van der Waals surface area contributed by atoms with Crippen molar-refractivity contribution >= 4 is 15.9 Å². The maximum atomic E-state index is 5.61. The lowest BCUT2D eigenvalue weighted by Crippen LogP contribution is -2.11. The van der Waals surface area contributed by atoms with E-state index in [1.165, 1.54) is 24.1 Å². The lowest BCUT2D eigenvalue weighted by molar-refractivity contribution is 0.338. The Labute approximate surface area is 128 Å². The number of fused-ring (bicyclic) bond motifs is 1. The van der Waals surface area contributed by atoms with Crippen molar-refractivity contribution in [3.05, 3.63) is 34.1 Å². The van der Waals surface area contributed by atoms with Gasteiger partial charge in [0.05, 0.1) is 12.3 Å². The molecule has 1 aliphatic heterocycles. The Kier molecular flexibility index (Phi) is 3.83. The quantitative estimate of drug-likeness (QED) is 0.833. The van der Waals surface area contributed by atoms with Crippen molar-refractivity contribution in [3.8, 4) is 17.1 Å². The lowest BCUT2D eigenvalue weighted by Gasteiger charge is -2.17. The SMILES string of the molecule is CCOc1ccc(-c2nc(Br)c3n2CCCC3)cc1C. The van der Waals surface area contributed by atoms with Gasteiger partial charge in [0.2, 0.25) is 0 Å². The van der Waals surface area contributed by atoms with Crippen molar-refractivity contribution in [3.63, 3.8) is 0 Å². The smallest absolute Gasteiger partial charge is 0.141 e. The molecular weight excluding hydrogens is 316 g/mol. The van der Waals surface area contributed by atoms with Crippen LogP contribution in [0.15, 0.2) is 22.8 Å². The standard InChI is InChI=1S/C16H19BrN2O/c1-3-20-14-8-7-12(10-11(14)2)16-18-15(17)13-6-4-5-9-19(13)16/h7-8,10H,3-6,9H2,1-2H3. The van der Waals surface area contributed by atoms with Gasteiger partial charge in [-0.2, -0.15) is 0 Å². The van der Waals surface area contributed by atoms with Gasteiger partial charge in [-0.05, 0) is 72.8 Å². The topological polar surface area (TPSA) is 27.1 Å². The molecule has 2 aromatic rings. The highest BCUT2D eigenvalue weighted by molar-refractivity contribution is 9.10. The van der Waals surface area contributed by atoms with Crippen LogP contribution in [0.2, 0.25) is 0 Å². The molecule has 0 fully saturated rings.